The van der Waals surface area contributed by atoms with Crippen LogP contribution in [0.2, 0.25) is 0 Å². The lowest BCUT2D eigenvalue weighted by Crippen LogP contribution is -2.18. The normalized spacial score (nSPS) is 12.3. The van der Waals surface area contributed by atoms with E-state index in [9.17, 15) is 8.78 Å². The van der Waals surface area contributed by atoms with E-state index in [1.165, 1.54) is 12.1 Å². The first kappa shape index (κ1) is 15.4. The van der Waals surface area contributed by atoms with Crippen LogP contribution in [-0.2, 0) is 7.05 Å². The van der Waals surface area contributed by atoms with Gasteiger partial charge in [-0.2, -0.15) is 5.10 Å². The van der Waals surface area contributed by atoms with Crippen molar-refractivity contribution in [2.75, 3.05) is 6.54 Å². The van der Waals surface area contributed by atoms with Gasteiger partial charge in [0.1, 0.15) is 11.6 Å². The van der Waals surface area contributed by atoms with Crippen LogP contribution in [0.1, 0.15) is 17.2 Å². The van der Waals surface area contributed by atoms with E-state index in [1.807, 2.05) is 36.4 Å². The van der Waals surface area contributed by atoms with Crippen LogP contribution in [0.15, 0.2) is 54.6 Å². The van der Waals surface area contributed by atoms with Crippen molar-refractivity contribution in [2.45, 2.75) is 5.92 Å². The van der Waals surface area contributed by atoms with E-state index in [1.54, 1.807) is 11.7 Å². The first-order valence-corrected chi connectivity index (χ1v) is 7.34. The molecule has 0 aliphatic rings. The molecule has 0 fully saturated rings. The maximum absolute atomic E-state index is 14.1. The van der Waals surface area contributed by atoms with Crippen molar-refractivity contribution in [3.63, 3.8) is 0 Å². The van der Waals surface area contributed by atoms with Gasteiger partial charge in [-0.05, 0) is 17.7 Å². The summed E-state index contributed by atoms with van der Waals surface area (Å²) >= 11 is 0. The van der Waals surface area contributed by atoms with E-state index in [-0.39, 0.29) is 12.5 Å². The molecule has 0 bridgehead atoms. The van der Waals surface area contributed by atoms with Crippen molar-refractivity contribution in [2.24, 2.45) is 12.8 Å². The Bertz CT molecular complexity index is 812. The maximum Gasteiger partial charge on any atom is 0.130 e. The van der Waals surface area contributed by atoms with E-state index in [0.717, 1.165) is 23.0 Å². The maximum atomic E-state index is 14.1. The summed E-state index contributed by atoms with van der Waals surface area (Å²) in [7, 11) is 1.80. The van der Waals surface area contributed by atoms with Gasteiger partial charge < -0.3 is 5.73 Å². The summed E-state index contributed by atoms with van der Waals surface area (Å²) < 4.78 is 28.9. The van der Waals surface area contributed by atoms with Gasteiger partial charge >= 0.3 is 0 Å². The highest BCUT2D eigenvalue weighted by Gasteiger charge is 2.21. The van der Waals surface area contributed by atoms with Gasteiger partial charge in [0, 0.05) is 36.8 Å². The molecule has 1 heterocycles. The second kappa shape index (κ2) is 6.30. The Kier molecular flexibility index (Phi) is 4.21. The zero-order chi connectivity index (χ0) is 16.4. The van der Waals surface area contributed by atoms with Crippen molar-refractivity contribution >= 4 is 0 Å². The Hall–Kier alpha value is -2.53. The molecule has 118 valence electrons. The van der Waals surface area contributed by atoms with Gasteiger partial charge in [-0.15, -0.1) is 0 Å². The number of aromatic nitrogens is 2. The van der Waals surface area contributed by atoms with Crippen molar-refractivity contribution in [3.05, 3.63) is 77.5 Å². The minimum Gasteiger partial charge on any atom is -0.329 e. The summed E-state index contributed by atoms with van der Waals surface area (Å²) in [4.78, 5) is 0. The van der Waals surface area contributed by atoms with E-state index in [2.05, 4.69) is 5.10 Å². The van der Waals surface area contributed by atoms with Crippen LogP contribution in [0, 0.1) is 11.6 Å². The summed E-state index contributed by atoms with van der Waals surface area (Å²) in [5.74, 6) is -1.58. The average molecular weight is 313 g/mol. The van der Waals surface area contributed by atoms with Crippen LogP contribution in [-0.4, -0.2) is 16.3 Å². The highest BCUT2D eigenvalue weighted by Crippen LogP contribution is 2.29. The number of hydrogen-bond donors (Lipinski definition) is 1. The predicted molar refractivity (Wildman–Crippen MR) is 85.9 cm³/mol. The molecule has 5 heteroatoms. The fourth-order valence-corrected chi connectivity index (χ4v) is 2.75. The summed E-state index contributed by atoms with van der Waals surface area (Å²) in [6.07, 6.45) is 0. The molecule has 1 atom stereocenters. The van der Waals surface area contributed by atoms with Crippen LogP contribution in [0.25, 0.3) is 11.3 Å². The minimum atomic E-state index is -0.600. The van der Waals surface area contributed by atoms with Gasteiger partial charge in [-0.1, -0.05) is 36.4 Å². The van der Waals surface area contributed by atoms with Gasteiger partial charge in [0.25, 0.3) is 0 Å². The lowest BCUT2D eigenvalue weighted by Gasteiger charge is -2.16. The molecule has 0 saturated heterocycles. The molecule has 23 heavy (non-hydrogen) atoms. The molecule has 3 aromatic rings. The third-order valence-corrected chi connectivity index (χ3v) is 3.92. The Balaban J connectivity index is 2.04. The zero-order valence-electron chi connectivity index (χ0n) is 12.7. The molecular formula is C18H17F2N3. The van der Waals surface area contributed by atoms with E-state index in [0.29, 0.717) is 5.56 Å². The standard InChI is InChI=1S/C18H17F2N3/c1-23-18(10-17(22-23)12-5-3-2-4-6-12)15(11-21)14-8-7-13(19)9-16(14)20/h2-10,15H,11,21H2,1H3. The third-order valence-electron chi connectivity index (χ3n) is 3.92. The molecule has 0 aliphatic heterocycles. The Morgan fingerprint density at radius 1 is 1.09 bits per heavy atom. The number of benzene rings is 2. The van der Waals surface area contributed by atoms with E-state index in [4.69, 9.17) is 5.73 Å². The molecule has 1 unspecified atom stereocenters. The quantitative estimate of drug-likeness (QED) is 0.801. The highest BCUT2D eigenvalue weighted by molar-refractivity contribution is 5.59. The predicted octanol–water partition coefficient (Wildman–Crippen LogP) is 3.46. The second-order valence-corrected chi connectivity index (χ2v) is 5.40. The van der Waals surface area contributed by atoms with Gasteiger partial charge in [-0.3, -0.25) is 4.68 Å². The molecule has 2 aromatic carbocycles. The zero-order valence-corrected chi connectivity index (χ0v) is 12.7. The van der Waals surface area contributed by atoms with E-state index >= 15 is 0 Å². The Morgan fingerprint density at radius 3 is 2.48 bits per heavy atom. The molecule has 0 radical (unpaired) electrons. The van der Waals surface area contributed by atoms with Crippen molar-refractivity contribution in [1.82, 2.24) is 9.78 Å². The summed E-state index contributed by atoms with van der Waals surface area (Å²) in [5, 5.41) is 4.49. The lowest BCUT2D eigenvalue weighted by molar-refractivity contribution is 0.557. The van der Waals surface area contributed by atoms with Gasteiger partial charge in [0.2, 0.25) is 0 Å². The number of nitrogens with two attached hydrogens (primary N) is 1. The SMILES string of the molecule is Cn1nc(-c2ccccc2)cc1C(CN)c1ccc(F)cc1F. The van der Waals surface area contributed by atoms with Crippen molar-refractivity contribution < 1.29 is 8.78 Å². The van der Waals surface area contributed by atoms with Crippen LogP contribution in [0.4, 0.5) is 8.78 Å². The molecule has 0 aliphatic carbocycles. The highest BCUT2D eigenvalue weighted by atomic mass is 19.1. The fraction of sp³-hybridized carbons (Fsp3) is 0.167. The van der Waals surface area contributed by atoms with Crippen LogP contribution >= 0.6 is 0 Å². The van der Waals surface area contributed by atoms with Crippen molar-refractivity contribution in [1.29, 1.82) is 0 Å². The van der Waals surface area contributed by atoms with Crippen LogP contribution in [0.3, 0.4) is 0 Å². The van der Waals surface area contributed by atoms with Gasteiger partial charge in [0.05, 0.1) is 5.69 Å². The molecule has 3 rings (SSSR count). The van der Waals surface area contributed by atoms with Gasteiger partial charge in [-0.25, -0.2) is 8.78 Å². The lowest BCUT2D eigenvalue weighted by atomic mass is 9.94. The molecular weight excluding hydrogens is 296 g/mol. The van der Waals surface area contributed by atoms with Crippen LogP contribution in [0.5, 0.6) is 0 Å². The van der Waals surface area contributed by atoms with Crippen molar-refractivity contribution in [3.8, 4) is 11.3 Å². The first-order chi connectivity index (χ1) is 11.1. The minimum absolute atomic E-state index is 0.205. The number of halogens is 2. The summed E-state index contributed by atoms with van der Waals surface area (Å²) in [6.45, 7) is 0.205. The molecule has 2 N–H and O–H groups in total. The Labute approximate surface area is 133 Å². The molecule has 0 saturated carbocycles. The number of aryl methyl sites for hydroxylation is 1. The topological polar surface area (TPSA) is 43.8 Å². The number of rotatable bonds is 4. The Morgan fingerprint density at radius 2 is 1.83 bits per heavy atom. The van der Waals surface area contributed by atoms with Crippen LogP contribution < -0.4 is 5.73 Å². The number of nitrogens with zero attached hydrogens (tertiary/aromatic N) is 2. The average Bonchev–Trinajstić information content (AvgIpc) is 2.93. The fourth-order valence-electron chi connectivity index (χ4n) is 2.75. The second-order valence-electron chi connectivity index (χ2n) is 5.40. The molecule has 3 nitrogen and oxygen atoms in total. The smallest absolute Gasteiger partial charge is 0.130 e. The van der Waals surface area contributed by atoms with Gasteiger partial charge in [0.15, 0.2) is 0 Å². The first-order valence-electron chi connectivity index (χ1n) is 7.34. The largest absolute Gasteiger partial charge is 0.329 e. The monoisotopic (exact) mass is 313 g/mol. The summed E-state index contributed by atoms with van der Waals surface area (Å²) in [5.41, 5.74) is 8.79. The van der Waals surface area contributed by atoms with E-state index < -0.39 is 11.6 Å². The molecule has 0 spiro atoms. The number of hydrogen-bond acceptors (Lipinski definition) is 2. The third kappa shape index (κ3) is 3.00. The molecule has 1 aromatic heterocycles. The molecule has 0 amide bonds. The summed E-state index contributed by atoms with van der Waals surface area (Å²) in [6, 6.07) is 15.2.